The Morgan fingerprint density at radius 3 is 2.71 bits per heavy atom. The van der Waals surface area contributed by atoms with Gasteiger partial charge in [0.05, 0.1) is 13.2 Å². The summed E-state index contributed by atoms with van der Waals surface area (Å²) >= 11 is 0. The molecule has 1 aromatic rings. The number of likely N-dealkylation sites (tertiary alicyclic amines) is 1. The van der Waals surface area contributed by atoms with Crippen LogP contribution in [0.5, 0.6) is 0 Å². The van der Waals surface area contributed by atoms with E-state index in [-0.39, 0.29) is 5.91 Å². The standard InChI is InChI=1S/C21H33N5O2/c1-22-21(23-8-10-25-11-13-28-14-12-25)24-16-19-15-20(27)26(17-19)9-7-18-5-3-2-4-6-18/h2-6,19H,7-17H2,1H3,(H2,22,23,24). The molecule has 0 bridgehead atoms. The van der Waals surface area contributed by atoms with Gasteiger partial charge in [0.1, 0.15) is 0 Å². The van der Waals surface area contributed by atoms with Gasteiger partial charge in [-0.05, 0) is 12.0 Å². The minimum Gasteiger partial charge on any atom is -0.379 e. The number of nitrogens with one attached hydrogen (secondary N) is 2. The summed E-state index contributed by atoms with van der Waals surface area (Å²) in [7, 11) is 1.79. The second-order valence-corrected chi connectivity index (χ2v) is 7.48. The van der Waals surface area contributed by atoms with Crippen molar-refractivity contribution in [1.82, 2.24) is 20.4 Å². The molecule has 0 saturated carbocycles. The molecule has 7 nitrogen and oxygen atoms in total. The molecule has 2 saturated heterocycles. The molecule has 2 fully saturated rings. The van der Waals surface area contributed by atoms with Gasteiger partial charge in [-0.15, -0.1) is 0 Å². The molecule has 1 aromatic carbocycles. The highest BCUT2D eigenvalue weighted by atomic mass is 16.5. The number of hydrogen-bond donors (Lipinski definition) is 2. The van der Waals surface area contributed by atoms with Crippen molar-refractivity contribution in [3.63, 3.8) is 0 Å². The van der Waals surface area contributed by atoms with E-state index in [1.165, 1.54) is 5.56 Å². The predicted octanol–water partition coefficient (Wildman–Crippen LogP) is 0.575. The lowest BCUT2D eigenvalue weighted by Crippen LogP contribution is -2.45. The molecule has 0 aromatic heterocycles. The quantitative estimate of drug-likeness (QED) is 0.504. The summed E-state index contributed by atoms with van der Waals surface area (Å²) in [5.74, 6) is 1.41. The predicted molar refractivity (Wildman–Crippen MR) is 111 cm³/mol. The van der Waals surface area contributed by atoms with Crippen LogP contribution in [-0.2, 0) is 16.0 Å². The Morgan fingerprint density at radius 2 is 1.96 bits per heavy atom. The molecule has 0 spiro atoms. The zero-order valence-corrected chi connectivity index (χ0v) is 16.9. The number of ether oxygens (including phenoxy) is 1. The molecule has 0 aliphatic carbocycles. The summed E-state index contributed by atoms with van der Waals surface area (Å²) in [6, 6.07) is 10.4. The van der Waals surface area contributed by atoms with Gasteiger partial charge in [-0.25, -0.2) is 0 Å². The van der Waals surface area contributed by atoms with Crippen LogP contribution in [-0.4, -0.2) is 87.7 Å². The van der Waals surface area contributed by atoms with Crippen molar-refractivity contribution in [1.29, 1.82) is 0 Å². The second kappa shape index (κ2) is 11.0. The number of amides is 1. The number of hydrogen-bond acceptors (Lipinski definition) is 4. The van der Waals surface area contributed by atoms with E-state index in [4.69, 9.17) is 4.74 Å². The maximum absolute atomic E-state index is 12.3. The van der Waals surface area contributed by atoms with Gasteiger partial charge in [-0.2, -0.15) is 0 Å². The first-order valence-corrected chi connectivity index (χ1v) is 10.3. The molecule has 2 N–H and O–H groups in total. The molecule has 1 atom stereocenters. The fourth-order valence-corrected chi connectivity index (χ4v) is 3.73. The molecular formula is C21H33N5O2. The fraction of sp³-hybridized carbons (Fsp3) is 0.619. The van der Waals surface area contributed by atoms with Gasteiger partial charge in [0.15, 0.2) is 5.96 Å². The van der Waals surface area contributed by atoms with Crippen LogP contribution < -0.4 is 10.6 Å². The summed E-state index contributed by atoms with van der Waals surface area (Å²) in [5.41, 5.74) is 1.28. The summed E-state index contributed by atoms with van der Waals surface area (Å²) < 4.78 is 5.37. The van der Waals surface area contributed by atoms with Crippen LogP contribution >= 0.6 is 0 Å². The van der Waals surface area contributed by atoms with Crippen LogP contribution in [0.2, 0.25) is 0 Å². The SMILES string of the molecule is CN=C(NCCN1CCOCC1)NCC1CC(=O)N(CCc2ccccc2)C1. The molecule has 2 aliphatic heterocycles. The van der Waals surface area contributed by atoms with Crippen molar-refractivity contribution >= 4 is 11.9 Å². The van der Waals surface area contributed by atoms with E-state index in [0.29, 0.717) is 12.3 Å². The van der Waals surface area contributed by atoms with Gasteiger partial charge >= 0.3 is 0 Å². The van der Waals surface area contributed by atoms with Crippen LogP contribution in [0.4, 0.5) is 0 Å². The smallest absolute Gasteiger partial charge is 0.223 e. The number of morpholine rings is 1. The minimum atomic E-state index is 0.262. The number of carbonyl (C=O) groups is 1. The van der Waals surface area contributed by atoms with E-state index in [9.17, 15) is 4.79 Å². The first kappa shape index (κ1) is 20.6. The maximum Gasteiger partial charge on any atom is 0.223 e. The number of benzene rings is 1. The topological polar surface area (TPSA) is 69.2 Å². The van der Waals surface area contributed by atoms with E-state index in [2.05, 4.69) is 32.7 Å². The van der Waals surface area contributed by atoms with E-state index >= 15 is 0 Å². The lowest BCUT2D eigenvalue weighted by molar-refractivity contribution is -0.127. The summed E-state index contributed by atoms with van der Waals surface area (Å²) in [5, 5.41) is 6.75. The lowest BCUT2D eigenvalue weighted by atomic mass is 10.1. The summed E-state index contributed by atoms with van der Waals surface area (Å²) in [6.45, 7) is 7.87. The Balaban J connectivity index is 1.33. The van der Waals surface area contributed by atoms with Gasteiger partial charge in [-0.3, -0.25) is 14.7 Å². The number of guanidine groups is 1. The summed E-state index contributed by atoms with van der Waals surface area (Å²) in [4.78, 5) is 21.0. The molecule has 7 heteroatoms. The van der Waals surface area contributed by atoms with Gasteiger partial charge < -0.3 is 20.3 Å². The van der Waals surface area contributed by atoms with Crippen molar-refractivity contribution in [2.75, 3.05) is 66.1 Å². The van der Waals surface area contributed by atoms with Crippen LogP contribution in [0.1, 0.15) is 12.0 Å². The normalized spacial score (nSPS) is 21.2. The third-order valence-corrected chi connectivity index (χ3v) is 5.41. The first-order valence-electron chi connectivity index (χ1n) is 10.3. The number of aliphatic imine (C=N–C) groups is 1. The molecule has 1 unspecified atom stereocenters. The number of rotatable bonds is 8. The average Bonchev–Trinajstić information content (AvgIpc) is 3.10. The Bertz CT molecular complexity index is 631. The largest absolute Gasteiger partial charge is 0.379 e. The van der Waals surface area contributed by atoms with Crippen molar-refractivity contribution in [3.05, 3.63) is 35.9 Å². The number of carbonyl (C=O) groups excluding carboxylic acids is 1. The van der Waals surface area contributed by atoms with Crippen LogP contribution in [0.15, 0.2) is 35.3 Å². The van der Waals surface area contributed by atoms with Crippen molar-refractivity contribution < 1.29 is 9.53 Å². The molecule has 2 aliphatic rings. The van der Waals surface area contributed by atoms with Crippen molar-refractivity contribution in [3.8, 4) is 0 Å². The fourth-order valence-electron chi connectivity index (χ4n) is 3.73. The zero-order chi connectivity index (χ0) is 19.6. The third kappa shape index (κ3) is 6.49. The number of nitrogens with zero attached hydrogens (tertiary/aromatic N) is 3. The Morgan fingerprint density at radius 1 is 1.18 bits per heavy atom. The minimum absolute atomic E-state index is 0.262. The van der Waals surface area contributed by atoms with E-state index in [0.717, 1.165) is 71.4 Å². The average molecular weight is 388 g/mol. The van der Waals surface area contributed by atoms with E-state index in [1.807, 2.05) is 23.1 Å². The van der Waals surface area contributed by atoms with E-state index < -0.39 is 0 Å². The molecular weight excluding hydrogens is 354 g/mol. The molecule has 3 rings (SSSR count). The molecule has 0 radical (unpaired) electrons. The Kier molecular flexibility index (Phi) is 8.11. The van der Waals surface area contributed by atoms with Crippen LogP contribution in [0.25, 0.3) is 0 Å². The van der Waals surface area contributed by atoms with Gasteiger partial charge in [0, 0.05) is 65.2 Å². The highest BCUT2D eigenvalue weighted by Crippen LogP contribution is 2.17. The van der Waals surface area contributed by atoms with Gasteiger partial charge in [0.25, 0.3) is 0 Å². The van der Waals surface area contributed by atoms with Crippen LogP contribution in [0, 0.1) is 5.92 Å². The summed E-state index contributed by atoms with van der Waals surface area (Å²) in [6.07, 6.45) is 1.53. The molecule has 1 amide bonds. The maximum atomic E-state index is 12.3. The van der Waals surface area contributed by atoms with Gasteiger partial charge in [0.2, 0.25) is 5.91 Å². The van der Waals surface area contributed by atoms with Crippen molar-refractivity contribution in [2.24, 2.45) is 10.9 Å². The molecule has 154 valence electrons. The lowest BCUT2D eigenvalue weighted by Gasteiger charge is -2.26. The highest BCUT2D eigenvalue weighted by molar-refractivity contribution is 5.80. The third-order valence-electron chi connectivity index (χ3n) is 5.41. The Labute approximate surface area is 168 Å². The Hall–Kier alpha value is -2.12. The monoisotopic (exact) mass is 387 g/mol. The van der Waals surface area contributed by atoms with Crippen molar-refractivity contribution in [2.45, 2.75) is 12.8 Å². The highest BCUT2D eigenvalue weighted by Gasteiger charge is 2.29. The zero-order valence-electron chi connectivity index (χ0n) is 16.9. The molecule has 2 heterocycles. The first-order chi connectivity index (χ1) is 13.7. The van der Waals surface area contributed by atoms with E-state index in [1.54, 1.807) is 7.05 Å². The second-order valence-electron chi connectivity index (χ2n) is 7.48. The van der Waals surface area contributed by atoms with Crippen LogP contribution in [0.3, 0.4) is 0 Å². The molecule has 28 heavy (non-hydrogen) atoms. The van der Waals surface area contributed by atoms with Gasteiger partial charge in [-0.1, -0.05) is 30.3 Å².